The number of hydrogen-bond donors (Lipinski definition) is 0. The summed E-state index contributed by atoms with van der Waals surface area (Å²) in [5, 5.41) is 0. The van der Waals surface area contributed by atoms with Crippen LogP contribution in [0, 0.1) is 5.82 Å². The summed E-state index contributed by atoms with van der Waals surface area (Å²) in [5.41, 5.74) is 2.50. The Labute approximate surface area is 162 Å². The van der Waals surface area contributed by atoms with E-state index in [0.29, 0.717) is 28.9 Å². The number of benzene rings is 1. The lowest BCUT2D eigenvalue weighted by Crippen LogP contribution is -2.25. The number of carbonyl (C=O) groups excluding carboxylic acids is 2. The van der Waals surface area contributed by atoms with Crippen LogP contribution in [0.2, 0.25) is 0 Å². The van der Waals surface area contributed by atoms with E-state index in [0.717, 1.165) is 5.56 Å². The van der Waals surface area contributed by atoms with E-state index in [4.69, 9.17) is 0 Å². The maximum absolute atomic E-state index is 14.6. The molecule has 142 valence electrons. The first-order chi connectivity index (χ1) is 13.5. The molecule has 2 heterocycles. The highest BCUT2D eigenvalue weighted by Crippen LogP contribution is 2.26. The van der Waals surface area contributed by atoms with E-state index >= 15 is 0 Å². The molecule has 1 aromatic carbocycles. The molecule has 28 heavy (non-hydrogen) atoms. The summed E-state index contributed by atoms with van der Waals surface area (Å²) >= 11 is 0. The monoisotopic (exact) mass is 377 g/mol. The van der Waals surface area contributed by atoms with Gasteiger partial charge in [-0.3, -0.25) is 19.6 Å². The van der Waals surface area contributed by atoms with Gasteiger partial charge in [0.15, 0.2) is 5.78 Å². The fraction of sp³-hybridized carbons (Fsp3) is 0.182. The Hall–Kier alpha value is -3.41. The minimum atomic E-state index is -0.477. The van der Waals surface area contributed by atoms with Crippen molar-refractivity contribution in [1.82, 2.24) is 9.97 Å². The second-order valence-electron chi connectivity index (χ2n) is 6.36. The smallest absolute Gasteiger partial charge is 0.226 e. The third-order valence-corrected chi connectivity index (χ3v) is 4.47. The van der Waals surface area contributed by atoms with E-state index in [1.165, 1.54) is 17.2 Å². The van der Waals surface area contributed by atoms with Crippen LogP contribution in [0.4, 0.5) is 10.1 Å². The summed E-state index contributed by atoms with van der Waals surface area (Å²) in [4.78, 5) is 33.8. The Morgan fingerprint density at radius 3 is 2.54 bits per heavy atom. The predicted octanol–water partition coefficient (Wildman–Crippen LogP) is 4.08. The molecule has 0 spiro atoms. The van der Waals surface area contributed by atoms with Crippen LogP contribution < -0.4 is 4.90 Å². The van der Waals surface area contributed by atoms with E-state index in [-0.39, 0.29) is 18.1 Å². The minimum absolute atomic E-state index is 0.0810. The minimum Gasteiger partial charge on any atom is -0.315 e. The number of rotatable bonds is 6. The molecule has 6 heteroatoms. The number of anilines is 1. The van der Waals surface area contributed by atoms with Crippen molar-refractivity contribution >= 4 is 17.4 Å². The number of amides is 1. The molecule has 1 amide bonds. The van der Waals surface area contributed by atoms with Crippen molar-refractivity contribution in [2.75, 3.05) is 11.9 Å². The fourth-order valence-corrected chi connectivity index (χ4v) is 2.81. The van der Waals surface area contributed by atoms with Crippen molar-refractivity contribution < 1.29 is 14.0 Å². The van der Waals surface area contributed by atoms with Crippen LogP contribution in [0.3, 0.4) is 0 Å². The summed E-state index contributed by atoms with van der Waals surface area (Å²) in [6, 6.07) is 11.5. The number of ketones is 1. The van der Waals surface area contributed by atoms with Crippen LogP contribution in [0.5, 0.6) is 0 Å². The number of carbonyl (C=O) groups is 2. The normalized spacial score (nSPS) is 10.5. The molecule has 0 bridgehead atoms. The number of aromatic nitrogens is 2. The van der Waals surface area contributed by atoms with Gasteiger partial charge in [-0.1, -0.05) is 13.0 Å². The van der Waals surface area contributed by atoms with Gasteiger partial charge in [0, 0.05) is 55.3 Å². The zero-order chi connectivity index (χ0) is 20.1. The van der Waals surface area contributed by atoms with Crippen molar-refractivity contribution in [2.24, 2.45) is 0 Å². The van der Waals surface area contributed by atoms with E-state index in [1.54, 1.807) is 56.7 Å². The zero-order valence-electron chi connectivity index (χ0n) is 15.7. The molecule has 0 saturated carbocycles. The molecule has 3 aromatic rings. The zero-order valence-corrected chi connectivity index (χ0v) is 15.7. The molecule has 0 radical (unpaired) electrons. The van der Waals surface area contributed by atoms with Gasteiger partial charge in [-0.25, -0.2) is 4.39 Å². The Bertz CT molecular complexity index is 988. The van der Waals surface area contributed by atoms with Crippen molar-refractivity contribution in [3.8, 4) is 11.3 Å². The molecule has 2 aromatic heterocycles. The van der Waals surface area contributed by atoms with Gasteiger partial charge in [-0.2, -0.15) is 0 Å². The van der Waals surface area contributed by atoms with Gasteiger partial charge >= 0.3 is 0 Å². The maximum Gasteiger partial charge on any atom is 0.226 e. The molecule has 0 aliphatic carbocycles. The Balaban J connectivity index is 1.78. The third kappa shape index (κ3) is 4.28. The van der Waals surface area contributed by atoms with Gasteiger partial charge in [-0.05, 0) is 42.0 Å². The number of hydrogen-bond acceptors (Lipinski definition) is 4. The second-order valence-corrected chi connectivity index (χ2v) is 6.36. The van der Waals surface area contributed by atoms with Gasteiger partial charge in [-0.15, -0.1) is 0 Å². The summed E-state index contributed by atoms with van der Waals surface area (Å²) in [5.74, 6) is -0.653. The van der Waals surface area contributed by atoms with E-state index in [9.17, 15) is 14.0 Å². The molecule has 0 aliphatic heterocycles. The van der Waals surface area contributed by atoms with Gasteiger partial charge < -0.3 is 4.90 Å². The number of Topliss-reactive ketones (excluding diaryl/α,β-unsaturated/α-hetero) is 1. The first-order valence-corrected chi connectivity index (χ1v) is 8.94. The molecule has 0 saturated heterocycles. The average Bonchev–Trinajstić information content (AvgIpc) is 2.73. The Morgan fingerprint density at radius 1 is 1.11 bits per heavy atom. The summed E-state index contributed by atoms with van der Waals surface area (Å²) < 4.78 is 14.6. The fourth-order valence-electron chi connectivity index (χ4n) is 2.81. The van der Waals surface area contributed by atoms with E-state index in [1.807, 2.05) is 6.07 Å². The third-order valence-electron chi connectivity index (χ3n) is 4.47. The van der Waals surface area contributed by atoms with Gasteiger partial charge in [0.25, 0.3) is 0 Å². The molecule has 0 N–H and O–H groups in total. The van der Waals surface area contributed by atoms with Crippen LogP contribution >= 0.6 is 0 Å². The van der Waals surface area contributed by atoms with E-state index in [2.05, 4.69) is 9.97 Å². The first-order valence-electron chi connectivity index (χ1n) is 8.94. The lowest BCUT2D eigenvalue weighted by molar-refractivity contribution is -0.118. The second kappa shape index (κ2) is 8.52. The van der Waals surface area contributed by atoms with Gasteiger partial charge in [0.05, 0.1) is 5.69 Å². The van der Waals surface area contributed by atoms with Crippen molar-refractivity contribution in [3.63, 3.8) is 0 Å². The van der Waals surface area contributed by atoms with Crippen molar-refractivity contribution in [1.29, 1.82) is 0 Å². The SMILES string of the molecule is CCC(=O)N(C)c1ccc(-c2ccc(C(=O)Cc3cccnc3)cn2)c(F)c1. The molecular formula is C22H20FN3O2. The van der Waals surface area contributed by atoms with Gasteiger partial charge in [0.2, 0.25) is 5.91 Å². The summed E-state index contributed by atoms with van der Waals surface area (Å²) in [7, 11) is 1.61. The summed E-state index contributed by atoms with van der Waals surface area (Å²) in [6.45, 7) is 1.75. The standard InChI is InChI=1S/C22H20FN3O2/c1-3-22(28)26(2)17-7-8-18(19(23)12-17)20-9-6-16(14-25-20)21(27)11-15-5-4-10-24-13-15/h4-10,12-14H,3,11H2,1-2H3. The number of halogens is 1. The highest BCUT2D eigenvalue weighted by Gasteiger charge is 2.14. The lowest BCUT2D eigenvalue weighted by Gasteiger charge is -2.17. The van der Waals surface area contributed by atoms with E-state index < -0.39 is 5.82 Å². The highest BCUT2D eigenvalue weighted by atomic mass is 19.1. The predicted molar refractivity (Wildman–Crippen MR) is 106 cm³/mol. The lowest BCUT2D eigenvalue weighted by atomic mass is 10.0. The van der Waals surface area contributed by atoms with Crippen LogP contribution in [0.15, 0.2) is 61.1 Å². The molecule has 3 rings (SSSR count). The van der Waals surface area contributed by atoms with Gasteiger partial charge in [0.1, 0.15) is 5.82 Å². The average molecular weight is 377 g/mol. The summed E-state index contributed by atoms with van der Waals surface area (Å²) in [6.07, 6.45) is 5.33. The molecule has 0 unspecified atom stereocenters. The number of nitrogens with zero attached hydrogens (tertiary/aromatic N) is 3. The molecule has 5 nitrogen and oxygen atoms in total. The molecule has 0 fully saturated rings. The number of pyridine rings is 2. The van der Waals surface area contributed by atoms with Crippen LogP contribution in [-0.2, 0) is 11.2 Å². The molecule has 0 atom stereocenters. The highest BCUT2D eigenvalue weighted by molar-refractivity contribution is 5.97. The largest absolute Gasteiger partial charge is 0.315 e. The molecular weight excluding hydrogens is 357 g/mol. The Morgan fingerprint density at radius 2 is 1.93 bits per heavy atom. The quantitative estimate of drug-likeness (QED) is 0.607. The van der Waals surface area contributed by atoms with Crippen molar-refractivity contribution in [2.45, 2.75) is 19.8 Å². The van der Waals surface area contributed by atoms with Crippen molar-refractivity contribution in [3.05, 3.63) is 78.0 Å². The Kier molecular flexibility index (Phi) is 5.89. The van der Waals surface area contributed by atoms with Crippen LogP contribution in [0.25, 0.3) is 11.3 Å². The first kappa shape index (κ1) is 19.4. The van der Waals surface area contributed by atoms with Crippen LogP contribution in [-0.4, -0.2) is 28.7 Å². The maximum atomic E-state index is 14.6. The topological polar surface area (TPSA) is 63.2 Å². The van der Waals surface area contributed by atoms with Crippen LogP contribution in [0.1, 0.15) is 29.3 Å². The molecule has 0 aliphatic rings.